The summed E-state index contributed by atoms with van der Waals surface area (Å²) in [5, 5.41) is 5.42. The lowest BCUT2D eigenvalue weighted by Crippen LogP contribution is -2.32. The van der Waals surface area contributed by atoms with Crippen LogP contribution in [-0.2, 0) is 13.7 Å². The first-order valence-corrected chi connectivity index (χ1v) is 8.06. The first kappa shape index (κ1) is 14.8. The third-order valence-corrected chi connectivity index (χ3v) is 4.66. The first-order valence-electron chi connectivity index (χ1n) is 7.27. The van der Waals surface area contributed by atoms with Crippen LogP contribution in [0.1, 0.15) is 19.3 Å². The van der Waals surface area contributed by atoms with E-state index in [2.05, 4.69) is 4.90 Å². The minimum atomic E-state index is 0.729. The molecule has 0 bridgehead atoms. The van der Waals surface area contributed by atoms with Crippen molar-refractivity contribution < 1.29 is 0 Å². The number of halogens is 1. The molecule has 3 rings (SSSR count). The maximum Gasteiger partial charge on any atom is 0.199 e. The van der Waals surface area contributed by atoms with Crippen molar-refractivity contribution in [2.24, 2.45) is 7.05 Å². The van der Waals surface area contributed by atoms with E-state index in [4.69, 9.17) is 28.9 Å². The van der Waals surface area contributed by atoms with E-state index in [0.717, 1.165) is 40.9 Å². The standard InChI is InChI=1S/C15H19ClN4S/c1-18-14(12-5-7-13(16)8-6-12)17-20(15(18)21)11-19-9-3-2-4-10-19/h5-8H,2-4,9-11H2,1H3. The molecule has 0 radical (unpaired) electrons. The number of rotatable bonds is 3. The molecule has 6 heteroatoms. The maximum atomic E-state index is 5.94. The van der Waals surface area contributed by atoms with Crippen molar-refractivity contribution in [2.45, 2.75) is 25.9 Å². The van der Waals surface area contributed by atoms with E-state index in [1.807, 2.05) is 40.6 Å². The Bertz CT molecular complexity index is 668. The molecule has 0 unspecified atom stereocenters. The fourth-order valence-corrected chi connectivity index (χ4v) is 3.03. The van der Waals surface area contributed by atoms with Gasteiger partial charge in [0, 0.05) is 17.6 Å². The Morgan fingerprint density at radius 1 is 1.14 bits per heavy atom. The Morgan fingerprint density at radius 2 is 1.81 bits per heavy atom. The molecule has 1 fully saturated rings. The molecule has 0 amide bonds. The van der Waals surface area contributed by atoms with E-state index in [-0.39, 0.29) is 0 Å². The summed E-state index contributed by atoms with van der Waals surface area (Å²) in [7, 11) is 1.96. The van der Waals surface area contributed by atoms with Crippen molar-refractivity contribution in [2.75, 3.05) is 13.1 Å². The Balaban J connectivity index is 1.88. The van der Waals surface area contributed by atoms with E-state index in [0.29, 0.717) is 0 Å². The number of benzene rings is 1. The van der Waals surface area contributed by atoms with Crippen LogP contribution in [0.3, 0.4) is 0 Å². The van der Waals surface area contributed by atoms with Gasteiger partial charge in [0.15, 0.2) is 10.6 Å². The molecule has 1 aliphatic rings. The fourth-order valence-electron chi connectivity index (χ4n) is 2.72. The van der Waals surface area contributed by atoms with Crippen molar-refractivity contribution in [3.63, 3.8) is 0 Å². The lowest BCUT2D eigenvalue weighted by molar-refractivity contribution is 0.172. The number of aromatic nitrogens is 3. The van der Waals surface area contributed by atoms with Crippen LogP contribution in [0.4, 0.5) is 0 Å². The second-order valence-corrected chi connectivity index (χ2v) is 6.29. The molecule has 4 nitrogen and oxygen atoms in total. The maximum absolute atomic E-state index is 5.94. The van der Waals surface area contributed by atoms with Crippen LogP contribution in [-0.4, -0.2) is 32.3 Å². The summed E-state index contributed by atoms with van der Waals surface area (Å²) in [6.07, 6.45) is 3.87. The van der Waals surface area contributed by atoms with Crippen molar-refractivity contribution >= 4 is 23.8 Å². The summed E-state index contributed by atoms with van der Waals surface area (Å²) in [5.74, 6) is 0.883. The molecule has 1 aliphatic heterocycles. The van der Waals surface area contributed by atoms with Crippen LogP contribution in [0.2, 0.25) is 5.02 Å². The predicted molar refractivity (Wildman–Crippen MR) is 87.9 cm³/mol. The Hall–Kier alpha value is -1.17. The molecule has 2 aromatic rings. The van der Waals surface area contributed by atoms with Gasteiger partial charge in [0.2, 0.25) is 0 Å². The molecule has 0 saturated carbocycles. The van der Waals surface area contributed by atoms with Gasteiger partial charge in [-0.3, -0.25) is 4.90 Å². The number of nitrogens with zero attached hydrogens (tertiary/aromatic N) is 4. The van der Waals surface area contributed by atoms with Gasteiger partial charge < -0.3 is 4.57 Å². The van der Waals surface area contributed by atoms with Crippen molar-refractivity contribution in [1.82, 2.24) is 19.2 Å². The van der Waals surface area contributed by atoms with Gasteiger partial charge >= 0.3 is 0 Å². The molecule has 2 heterocycles. The number of likely N-dealkylation sites (tertiary alicyclic amines) is 1. The summed E-state index contributed by atoms with van der Waals surface area (Å²) in [5.41, 5.74) is 1.03. The van der Waals surface area contributed by atoms with Gasteiger partial charge in [-0.1, -0.05) is 18.0 Å². The molecule has 112 valence electrons. The minimum absolute atomic E-state index is 0.729. The summed E-state index contributed by atoms with van der Waals surface area (Å²) in [6, 6.07) is 7.71. The van der Waals surface area contributed by atoms with E-state index in [9.17, 15) is 0 Å². The van der Waals surface area contributed by atoms with E-state index < -0.39 is 0 Å². The van der Waals surface area contributed by atoms with Crippen LogP contribution >= 0.6 is 23.8 Å². The number of piperidine rings is 1. The Morgan fingerprint density at radius 3 is 2.48 bits per heavy atom. The highest BCUT2D eigenvalue weighted by Gasteiger charge is 2.14. The second kappa shape index (κ2) is 6.30. The van der Waals surface area contributed by atoms with Crippen LogP contribution < -0.4 is 0 Å². The fraction of sp³-hybridized carbons (Fsp3) is 0.467. The zero-order chi connectivity index (χ0) is 14.8. The third-order valence-electron chi connectivity index (χ3n) is 3.93. The molecule has 21 heavy (non-hydrogen) atoms. The monoisotopic (exact) mass is 322 g/mol. The lowest BCUT2D eigenvalue weighted by atomic mass is 10.1. The largest absolute Gasteiger partial charge is 0.303 e. The Kier molecular flexibility index (Phi) is 4.42. The smallest absolute Gasteiger partial charge is 0.199 e. The van der Waals surface area contributed by atoms with Crippen molar-refractivity contribution in [3.8, 4) is 11.4 Å². The second-order valence-electron chi connectivity index (χ2n) is 5.49. The molecule has 1 saturated heterocycles. The van der Waals surface area contributed by atoms with E-state index in [1.165, 1.54) is 19.3 Å². The normalized spacial score (nSPS) is 16.3. The van der Waals surface area contributed by atoms with Crippen LogP contribution in [0.5, 0.6) is 0 Å². The SMILES string of the molecule is Cn1c(-c2ccc(Cl)cc2)nn(CN2CCCCC2)c1=S. The van der Waals surface area contributed by atoms with E-state index >= 15 is 0 Å². The van der Waals surface area contributed by atoms with Gasteiger partial charge in [0.1, 0.15) is 0 Å². The zero-order valence-electron chi connectivity index (χ0n) is 12.1. The Labute approximate surface area is 134 Å². The molecule has 0 N–H and O–H groups in total. The van der Waals surface area contributed by atoms with Crippen molar-refractivity contribution in [3.05, 3.63) is 34.1 Å². The molecule has 1 aromatic heterocycles. The zero-order valence-corrected chi connectivity index (χ0v) is 13.7. The highest BCUT2D eigenvalue weighted by atomic mass is 35.5. The van der Waals surface area contributed by atoms with Crippen LogP contribution in [0.25, 0.3) is 11.4 Å². The van der Waals surface area contributed by atoms with Crippen LogP contribution in [0, 0.1) is 4.77 Å². The quantitative estimate of drug-likeness (QED) is 0.806. The van der Waals surface area contributed by atoms with Gasteiger partial charge in [-0.05, 0) is 62.4 Å². The number of hydrogen-bond acceptors (Lipinski definition) is 3. The summed E-state index contributed by atoms with van der Waals surface area (Å²) in [4.78, 5) is 2.41. The van der Waals surface area contributed by atoms with Gasteiger partial charge in [-0.25, -0.2) is 4.68 Å². The highest BCUT2D eigenvalue weighted by molar-refractivity contribution is 7.71. The van der Waals surface area contributed by atoms with Crippen LogP contribution in [0.15, 0.2) is 24.3 Å². The summed E-state index contributed by atoms with van der Waals surface area (Å²) in [6.45, 7) is 3.05. The summed E-state index contributed by atoms with van der Waals surface area (Å²) >= 11 is 11.5. The molecule has 0 spiro atoms. The first-order chi connectivity index (χ1) is 10.1. The topological polar surface area (TPSA) is 26.0 Å². The molecular formula is C15H19ClN4S. The van der Waals surface area contributed by atoms with Gasteiger partial charge in [0.25, 0.3) is 0 Å². The predicted octanol–water partition coefficient (Wildman–Crippen LogP) is 3.71. The number of hydrogen-bond donors (Lipinski definition) is 0. The van der Waals surface area contributed by atoms with Gasteiger partial charge in [-0.15, -0.1) is 0 Å². The molecule has 0 atom stereocenters. The third kappa shape index (κ3) is 3.20. The average molecular weight is 323 g/mol. The lowest BCUT2D eigenvalue weighted by Gasteiger charge is -2.25. The minimum Gasteiger partial charge on any atom is -0.303 e. The molecular weight excluding hydrogens is 304 g/mol. The molecule has 0 aliphatic carbocycles. The highest BCUT2D eigenvalue weighted by Crippen LogP contribution is 2.20. The van der Waals surface area contributed by atoms with Crippen molar-refractivity contribution in [1.29, 1.82) is 0 Å². The molecule has 1 aromatic carbocycles. The summed E-state index contributed by atoms with van der Waals surface area (Å²) < 4.78 is 4.64. The average Bonchev–Trinajstić information content (AvgIpc) is 2.78. The van der Waals surface area contributed by atoms with E-state index in [1.54, 1.807) is 0 Å². The van der Waals surface area contributed by atoms with Gasteiger partial charge in [-0.2, -0.15) is 5.10 Å². The van der Waals surface area contributed by atoms with Gasteiger partial charge in [0.05, 0.1) is 6.67 Å².